The summed E-state index contributed by atoms with van der Waals surface area (Å²) in [6.07, 6.45) is 0. The number of carbonyl (C=O) groups is 2. The highest BCUT2D eigenvalue weighted by Crippen LogP contribution is 2.25. The quantitative estimate of drug-likeness (QED) is 0.553. The number of nitrogens with one attached hydrogen (secondary N) is 2. The molecule has 2 heterocycles. The Morgan fingerprint density at radius 2 is 2.00 bits per heavy atom. The Bertz CT molecular complexity index is 1230. The summed E-state index contributed by atoms with van der Waals surface area (Å²) in [7, 11) is 0. The summed E-state index contributed by atoms with van der Waals surface area (Å²) >= 11 is 6.95. The molecule has 1 unspecified atom stereocenters. The minimum Gasteiger partial charge on any atom is -0.324 e. The lowest BCUT2D eigenvalue weighted by molar-refractivity contribution is -0.136. The van der Waals surface area contributed by atoms with Crippen molar-refractivity contribution >= 4 is 41.5 Å². The van der Waals surface area contributed by atoms with Gasteiger partial charge < -0.3 is 10.2 Å². The van der Waals surface area contributed by atoms with Crippen LogP contribution in [0.25, 0.3) is 11.4 Å². The number of rotatable bonds is 5. The normalized spacial score (nSPS) is 15.7. The molecule has 1 saturated heterocycles. The van der Waals surface area contributed by atoms with E-state index in [4.69, 9.17) is 12.2 Å². The van der Waals surface area contributed by atoms with Crippen molar-refractivity contribution in [2.45, 2.75) is 33.4 Å². The first-order chi connectivity index (χ1) is 15.3. The van der Waals surface area contributed by atoms with Gasteiger partial charge in [0.2, 0.25) is 11.8 Å². The van der Waals surface area contributed by atoms with Gasteiger partial charge in [-0.3, -0.25) is 19.3 Å². The van der Waals surface area contributed by atoms with E-state index in [9.17, 15) is 9.59 Å². The van der Waals surface area contributed by atoms with Crippen LogP contribution in [-0.2, 0) is 16.1 Å². The maximum Gasteiger partial charge on any atom is 0.248 e. The molecule has 1 aliphatic heterocycles. The SMILES string of the molecule is Cc1cccc(-c2n[nH]c(=S)n2CC(=O)N2CSCC2C(=O)Nc2ccc(C)c(C)c2)c1. The fourth-order valence-corrected chi connectivity index (χ4v) is 5.02. The van der Waals surface area contributed by atoms with Crippen molar-refractivity contribution in [1.29, 1.82) is 0 Å². The zero-order valence-electron chi connectivity index (χ0n) is 18.2. The Morgan fingerprint density at radius 3 is 2.75 bits per heavy atom. The van der Waals surface area contributed by atoms with Gasteiger partial charge in [-0.05, 0) is 62.3 Å². The van der Waals surface area contributed by atoms with E-state index in [-0.39, 0.29) is 18.4 Å². The Morgan fingerprint density at radius 1 is 1.19 bits per heavy atom. The predicted octanol–water partition coefficient (Wildman–Crippen LogP) is 4.07. The first-order valence-electron chi connectivity index (χ1n) is 10.3. The van der Waals surface area contributed by atoms with E-state index < -0.39 is 6.04 Å². The summed E-state index contributed by atoms with van der Waals surface area (Å²) in [4.78, 5) is 27.8. The molecule has 7 nitrogen and oxygen atoms in total. The van der Waals surface area contributed by atoms with E-state index in [2.05, 4.69) is 15.5 Å². The van der Waals surface area contributed by atoms with Gasteiger partial charge in [-0.25, -0.2) is 0 Å². The van der Waals surface area contributed by atoms with Gasteiger partial charge in [0.05, 0.1) is 5.88 Å². The molecule has 3 aromatic rings. The molecule has 1 fully saturated rings. The third kappa shape index (κ3) is 4.63. The molecule has 0 bridgehead atoms. The van der Waals surface area contributed by atoms with Crippen LogP contribution in [0.3, 0.4) is 0 Å². The molecule has 32 heavy (non-hydrogen) atoms. The van der Waals surface area contributed by atoms with Crippen molar-refractivity contribution in [3.05, 3.63) is 63.9 Å². The minimum absolute atomic E-state index is 0.0204. The Hall–Kier alpha value is -2.91. The summed E-state index contributed by atoms with van der Waals surface area (Å²) in [6.45, 7) is 6.06. The fourth-order valence-electron chi connectivity index (χ4n) is 3.65. The molecular weight excluding hydrogens is 442 g/mol. The van der Waals surface area contributed by atoms with Crippen molar-refractivity contribution in [1.82, 2.24) is 19.7 Å². The van der Waals surface area contributed by atoms with Crippen molar-refractivity contribution in [2.24, 2.45) is 0 Å². The first-order valence-corrected chi connectivity index (χ1v) is 11.9. The Balaban J connectivity index is 1.51. The van der Waals surface area contributed by atoms with E-state index >= 15 is 0 Å². The van der Waals surface area contributed by atoms with E-state index in [1.54, 1.807) is 21.2 Å². The predicted molar refractivity (Wildman–Crippen MR) is 130 cm³/mol. The molecule has 2 amide bonds. The number of amides is 2. The van der Waals surface area contributed by atoms with Crippen molar-refractivity contribution in [3.8, 4) is 11.4 Å². The summed E-state index contributed by atoms with van der Waals surface area (Å²) in [5, 5.41) is 10.1. The van der Waals surface area contributed by atoms with Crippen molar-refractivity contribution < 1.29 is 9.59 Å². The molecule has 1 aromatic heterocycles. The Kier molecular flexibility index (Phi) is 6.48. The standard InChI is InChI=1S/C23H25N5O2S2/c1-14-5-4-6-17(9-14)21-25-26-23(31)27(21)11-20(29)28-13-32-12-19(28)22(30)24-18-8-7-15(2)16(3)10-18/h4-10,19H,11-13H2,1-3H3,(H,24,30)(H,26,31). The van der Waals surface area contributed by atoms with Crippen molar-refractivity contribution in [3.63, 3.8) is 0 Å². The van der Waals surface area contributed by atoms with Crippen LogP contribution in [-0.4, -0.2) is 49.2 Å². The molecule has 9 heteroatoms. The highest BCUT2D eigenvalue weighted by atomic mass is 32.2. The van der Waals surface area contributed by atoms with Gasteiger partial charge in [-0.15, -0.1) is 11.8 Å². The smallest absolute Gasteiger partial charge is 0.248 e. The highest BCUT2D eigenvalue weighted by molar-refractivity contribution is 7.99. The summed E-state index contributed by atoms with van der Waals surface area (Å²) < 4.78 is 2.06. The van der Waals surface area contributed by atoms with Gasteiger partial charge in [-0.1, -0.05) is 29.8 Å². The monoisotopic (exact) mass is 467 g/mol. The van der Waals surface area contributed by atoms with Gasteiger partial charge in [0, 0.05) is 17.0 Å². The van der Waals surface area contributed by atoms with Crippen LogP contribution in [0.4, 0.5) is 5.69 Å². The molecule has 4 rings (SSSR count). The summed E-state index contributed by atoms with van der Waals surface area (Å²) in [5.74, 6) is 1.29. The van der Waals surface area contributed by atoms with Crippen LogP contribution < -0.4 is 5.32 Å². The number of H-pyrrole nitrogens is 1. The number of thioether (sulfide) groups is 1. The third-order valence-electron chi connectivity index (χ3n) is 5.61. The minimum atomic E-state index is -0.530. The average molecular weight is 468 g/mol. The second-order valence-electron chi connectivity index (χ2n) is 7.98. The summed E-state index contributed by atoms with van der Waals surface area (Å²) in [5.41, 5.74) is 4.98. The van der Waals surface area contributed by atoms with Gasteiger partial charge in [0.15, 0.2) is 10.6 Å². The zero-order valence-corrected chi connectivity index (χ0v) is 19.8. The molecule has 0 aliphatic carbocycles. The van der Waals surface area contributed by atoms with Crippen LogP contribution in [0.1, 0.15) is 16.7 Å². The maximum absolute atomic E-state index is 13.2. The number of benzene rings is 2. The van der Waals surface area contributed by atoms with Crippen molar-refractivity contribution in [2.75, 3.05) is 16.9 Å². The number of anilines is 1. The lowest BCUT2D eigenvalue weighted by Crippen LogP contribution is -2.45. The molecule has 2 N–H and O–H groups in total. The van der Waals surface area contributed by atoms with Crippen LogP contribution >= 0.6 is 24.0 Å². The molecule has 0 spiro atoms. The number of carbonyl (C=O) groups excluding carboxylic acids is 2. The number of aryl methyl sites for hydroxylation is 3. The van der Waals surface area contributed by atoms with Crippen LogP contribution in [0.15, 0.2) is 42.5 Å². The van der Waals surface area contributed by atoms with E-state index in [0.29, 0.717) is 22.2 Å². The maximum atomic E-state index is 13.2. The van der Waals surface area contributed by atoms with Crippen LogP contribution in [0, 0.1) is 25.5 Å². The van der Waals surface area contributed by atoms with Crippen LogP contribution in [0.5, 0.6) is 0 Å². The number of hydrogen-bond acceptors (Lipinski definition) is 5. The Labute approximate surface area is 196 Å². The second-order valence-corrected chi connectivity index (χ2v) is 9.36. The van der Waals surface area contributed by atoms with Gasteiger partial charge in [0.1, 0.15) is 12.6 Å². The topological polar surface area (TPSA) is 83.0 Å². The van der Waals surface area contributed by atoms with Gasteiger partial charge >= 0.3 is 0 Å². The molecular formula is C23H25N5O2S2. The number of nitrogens with zero attached hydrogens (tertiary/aromatic N) is 3. The molecule has 0 radical (unpaired) electrons. The number of aromatic amines is 1. The fraction of sp³-hybridized carbons (Fsp3) is 0.304. The first kappa shape index (κ1) is 22.3. The van der Waals surface area contributed by atoms with Crippen LogP contribution in [0.2, 0.25) is 0 Å². The van der Waals surface area contributed by atoms with E-state index in [1.165, 1.54) is 0 Å². The lowest BCUT2D eigenvalue weighted by Gasteiger charge is -2.23. The highest BCUT2D eigenvalue weighted by Gasteiger charge is 2.35. The average Bonchev–Trinajstić information content (AvgIpc) is 3.38. The second kappa shape index (κ2) is 9.30. The lowest BCUT2D eigenvalue weighted by atomic mass is 10.1. The number of aromatic nitrogens is 3. The molecule has 0 saturated carbocycles. The zero-order chi connectivity index (χ0) is 22.8. The third-order valence-corrected chi connectivity index (χ3v) is 6.93. The van der Waals surface area contributed by atoms with E-state index in [0.717, 1.165) is 27.9 Å². The molecule has 1 aliphatic rings. The largest absolute Gasteiger partial charge is 0.324 e. The molecule has 2 aromatic carbocycles. The van der Waals surface area contributed by atoms with Gasteiger partial charge in [-0.2, -0.15) is 5.10 Å². The number of hydrogen-bond donors (Lipinski definition) is 2. The van der Waals surface area contributed by atoms with Gasteiger partial charge in [0.25, 0.3) is 0 Å². The van der Waals surface area contributed by atoms with E-state index in [1.807, 2.05) is 63.2 Å². The summed E-state index contributed by atoms with van der Waals surface area (Å²) in [6, 6.07) is 13.2. The molecule has 1 atom stereocenters. The molecule has 166 valence electrons.